The van der Waals surface area contributed by atoms with E-state index in [1.54, 1.807) is 0 Å². The van der Waals surface area contributed by atoms with E-state index in [4.69, 9.17) is 37.0 Å². The number of phosphoric acid groups is 2. The Morgan fingerprint density at radius 2 is 0.455 bits per heavy atom. The van der Waals surface area contributed by atoms with E-state index >= 15 is 0 Å². The minimum atomic E-state index is -4.96. The van der Waals surface area contributed by atoms with Crippen molar-refractivity contribution in [2.24, 2.45) is 11.8 Å². The molecule has 101 heavy (non-hydrogen) atoms. The quantitative estimate of drug-likeness (QED) is 0.0222. The topological polar surface area (TPSA) is 237 Å². The summed E-state index contributed by atoms with van der Waals surface area (Å²) < 4.78 is 68.5. The molecular formula is C82H160O17P2. The minimum absolute atomic E-state index is 0.107. The first-order valence-electron chi connectivity index (χ1n) is 42.5. The van der Waals surface area contributed by atoms with Crippen LogP contribution >= 0.6 is 15.6 Å². The van der Waals surface area contributed by atoms with Crippen LogP contribution in [-0.2, 0) is 65.4 Å². The predicted molar refractivity (Wildman–Crippen MR) is 414 cm³/mol. The lowest BCUT2D eigenvalue weighted by atomic mass is 10.0. The second-order valence-corrected chi connectivity index (χ2v) is 33.4. The molecular weight excluding hydrogens is 1320 g/mol. The normalized spacial score (nSPS) is 13.9. The molecule has 0 aliphatic rings. The molecule has 17 nitrogen and oxygen atoms in total. The van der Waals surface area contributed by atoms with Crippen LogP contribution in [0.1, 0.15) is 433 Å². The second kappa shape index (κ2) is 73.6. The van der Waals surface area contributed by atoms with E-state index in [1.165, 1.54) is 244 Å². The number of carbonyl (C=O) groups excluding carboxylic acids is 4. The third-order valence-corrected chi connectivity index (χ3v) is 21.1. The highest BCUT2D eigenvalue weighted by Gasteiger charge is 2.30. The van der Waals surface area contributed by atoms with Crippen molar-refractivity contribution < 1.29 is 80.2 Å². The molecule has 0 rings (SSSR count). The molecule has 0 bridgehead atoms. The molecule has 600 valence electrons. The van der Waals surface area contributed by atoms with Crippen molar-refractivity contribution in [1.29, 1.82) is 0 Å². The van der Waals surface area contributed by atoms with Gasteiger partial charge in [0.15, 0.2) is 12.2 Å². The van der Waals surface area contributed by atoms with Crippen LogP contribution in [-0.4, -0.2) is 96.7 Å². The molecule has 0 saturated heterocycles. The van der Waals surface area contributed by atoms with Crippen LogP contribution in [0.4, 0.5) is 0 Å². The van der Waals surface area contributed by atoms with Gasteiger partial charge in [-0.3, -0.25) is 37.3 Å². The Hall–Kier alpha value is -1.94. The molecule has 0 amide bonds. The number of aliphatic hydroxyl groups is 1. The maximum atomic E-state index is 13.1. The van der Waals surface area contributed by atoms with Gasteiger partial charge in [-0.05, 0) is 37.5 Å². The van der Waals surface area contributed by atoms with Crippen LogP contribution in [0.5, 0.6) is 0 Å². The predicted octanol–water partition coefficient (Wildman–Crippen LogP) is 24.7. The Morgan fingerprint density at radius 3 is 0.673 bits per heavy atom. The number of phosphoric ester groups is 2. The molecule has 0 fully saturated rings. The summed E-state index contributed by atoms with van der Waals surface area (Å²) in [7, 11) is -9.91. The fourth-order valence-corrected chi connectivity index (χ4v) is 14.3. The zero-order valence-electron chi connectivity index (χ0n) is 66.2. The summed E-state index contributed by atoms with van der Waals surface area (Å²) in [4.78, 5) is 72.8. The molecule has 2 unspecified atom stereocenters. The van der Waals surface area contributed by atoms with Gasteiger partial charge < -0.3 is 33.8 Å². The van der Waals surface area contributed by atoms with Crippen molar-refractivity contribution in [2.75, 3.05) is 39.6 Å². The van der Waals surface area contributed by atoms with Crippen molar-refractivity contribution in [2.45, 2.75) is 452 Å². The van der Waals surface area contributed by atoms with Gasteiger partial charge in [-0.1, -0.05) is 382 Å². The van der Waals surface area contributed by atoms with Gasteiger partial charge in [0.2, 0.25) is 0 Å². The third-order valence-electron chi connectivity index (χ3n) is 19.2. The largest absolute Gasteiger partial charge is 0.472 e. The smallest absolute Gasteiger partial charge is 0.462 e. The highest BCUT2D eigenvalue weighted by atomic mass is 31.2. The summed E-state index contributed by atoms with van der Waals surface area (Å²) in [5, 5.41) is 10.6. The molecule has 0 aliphatic heterocycles. The highest BCUT2D eigenvalue weighted by Crippen LogP contribution is 2.45. The minimum Gasteiger partial charge on any atom is -0.462 e. The zero-order chi connectivity index (χ0) is 74.2. The van der Waals surface area contributed by atoms with Gasteiger partial charge in [-0.2, -0.15) is 0 Å². The zero-order valence-corrected chi connectivity index (χ0v) is 68.0. The molecule has 5 atom stereocenters. The Kier molecular flexibility index (Phi) is 72.2. The number of rotatable bonds is 81. The summed E-state index contributed by atoms with van der Waals surface area (Å²) in [6.45, 7) is 9.60. The van der Waals surface area contributed by atoms with Crippen molar-refractivity contribution in [1.82, 2.24) is 0 Å². The van der Waals surface area contributed by atoms with E-state index in [0.29, 0.717) is 25.7 Å². The van der Waals surface area contributed by atoms with Gasteiger partial charge in [0, 0.05) is 25.7 Å². The summed E-state index contributed by atoms with van der Waals surface area (Å²) in [5.74, 6) is -0.512. The van der Waals surface area contributed by atoms with Crippen molar-refractivity contribution in [3.63, 3.8) is 0 Å². The fraction of sp³-hybridized carbons (Fsp3) is 0.951. The summed E-state index contributed by atoms with van der Waals surface area (Å²) in [5.41, 5.74) is 0. The van der Waals surface area contributed by atoms with Gasteiger partial charge in [0.25, 0.3) is 0 Å². The number of aliphatic hydroxyl groups excluding tert-OH is 1. The van der Waals surface area contributed by atoms with Crippen LogP contribution in [0, 0.1) is 11.8 Å². The summed E-state index contributed by atoms with van der Waals surface area (Å²) in [6.07, 6.45) is 64.4. The molecule has 0 aliphatic carbocycles. The number of hydrogen-bond donors (Lipinski definition) is 3. The first-order chi connectivity index (χ1) is 48.9. The number of unbranched alkanes of at least 4 members (excludes halogenated alkanes) is 51. The van der Waals surface area contributed by atoms with Crippen molar-refractivity contribution in [3.05, 3.63) is 0 Å². The van der Waals surface area contributed by atoms with Gasteiger partial charge in [0.1, 0.15) is 19.3 Å². The average Bonchev–Trinajstić information content (AvgIpc) is 0.931. The number of esters is 4. The number of carbonyl (C=O) groups is 4. The van der Waals surface area contributed by atoms with Crippen LogP contribution in [0.3, 0.4) is 0 Å². The third kappa shape index (κ3) is 76.1. The van der Waals surface area contributed by atoms with Crippen LogP contribution in [0.2, 0.25) is 0 Å². The average molecular weight is 1480 g/mol. The molecule has 0 radical (unpaired) electrons. The lowest BCUT2D eigenvalue weighted by molar-refractivity contribution is -0.161. The molecule has 3 N–H and O–H groups in total. The fourth-order valence-electron chi connectivity index (χ4n) is 12.7. The molecule has 0 aromatic heterocycles. The van der Waals surface area contributed by atoms with Crippen molar-refractivity contribution in [3.8, 4) is 0 Å². The van der Waals surface area contributed by atoms with E-state index in [0.717, 1.165) is 108 Å². The van der Waals surface area contributed by atoms with E-state index in [9.17, 15) is 43.2 Å². The Bertz CT molecular complexity index is 1940. The first-order valence-corrected chi connectivity index (χ1v) is 45.5. The number of ether oxygens (including phenoxy) is 4. The van der Waals surface area contributed by atoms with Gasteiger partial charge in [0.05, 0.1) is 26.4 Å². The van der Waals surface area contributed by atoms with Crippen molar-refractivity contribution >= 4 is 39.5 Å². The van der Waals surface area contributed by atoms with E-state index in [2.05, 4.69) is 41.5 Å². The molecule has 0 spiro atoms. The summed E-state index contributed by atoms with van der Waals surface area (Å²) >= 11 is 0. The van der Waals surface area contributed by atoms with Crippen LogP contribution in [0.15, 0.2) is 0 Å². The van der Waals surface area contributed by atoms with Crippen LogP contribution < -0.4 is 0 Å². The summed E-state index contributed by atoms with van der Waals surface area (Å²) in [6, 6.07) is 0. The Balaban J connectivity index is 5.11. The first kappa shape index (κ1) is 99.1. The molecule has 0 heterocycles. The Morgan fingerprint density at radius 1 is 0.267 bits per heavy atom. The SMILES string of the molecule is CCCCCCCCCCCCCCCCCCCCCC(=O)OC[C@H](COP(=O)(O)OC[C@@H](O)COP(=O)(O)OC[C@@H](COC(=O)CCCCCCC)OC(=O)CCCCCCCCCCCCCCCC(C)C)OC(=O)CCCCCCCCCCCCCCCCCCCCC(C)C. The van der Waals surface area contributed by atoms with Gasteiger partial charge >= 0.3 is 39.5 Å². The monoisotopic (exact) mass is 1480 g/mol. The van der Waals surface area contributed by atoms with E-state index in [-0.39, 0.29) is 25.7 Å². The van der Waals surface area contributed by atoms with Crippen LogP contribution in [0.25, 0.3) is 0 Å². The lowest BCUT2D eigenvalue weighted by Gasteiger charge is -2.21. The van der Waals surface area contributed by atoms with Gasteiger partial charge in [-0.25, -0.2) is 9.13 Å². The highest BCUT2D eigenvalue weighted by molar-refractivity contribution is 7.47. The second-order valence-electron chi connectivity index (χ2n) is 30.5. The van der Waals surface area contributed by atoms with Gasteiger partial charge in [-0.15, -0.1) is 0 Å². The maximum absolute atomic E-state index is 13.1. The van der Waals surface area contributed by atoms with E-state index < -0.39 is 97.5 Å². The molecule has 19 heteroatoms. The molecule has 0 saturated carbocycles. The molecule has 0 aromatic carbocycles. The maximum Gasteiger partial charge on any atom is 0.472 e. The van der Waals surface area contributed by atoms with E-state index in [1.807, 2.05) is 0 Å². The molecule has 0 aromatic rings. The lowest BCUT2D eigenvalue weighted by Crippen LogP contribution is -2.30. The number of hydrogen-bond acceptors (Lipinski definition) is 15. The standard InChI is InChI=1S/C82H160O17P2/c1-7-9-11-13-14-15-16-17-18-19-20-24-27-32-37-42-47-53-59-65-80(85)93-71-78(99-82(87)67-60-54-48-43-38-33-28-25-22-21-23-26-30-35-40-45-51-56-62-74(3)4)73-97-101(90,91)95-69-76(83)68-94-100(88,89)96-72-77(70-92-79(84)64-58-50-12-10-8-2)98-81(86)66-61-55-49-44-39-34-29-31-36-41-46-52-57-63-75(5)6/h74-78,83H,7-73H2,1-6H3,(H,88,89)(H,90,91)/t76-,77+,78+/m0/s1. The Labute approximate surface area is 619 Å².